The third-order valence-corrected chi connectivity index (χ3v) is 4.55. The van der Waals surface area contributed by atoms with Gasteiger partial charge >= 0.3 is 0 Å². The van der Waals surface area contributed by atoms with E-state index >= 15 is 0 Å². The molecule has 0 saturated heterocycles. The van der Waals surface area contributed by atoms with Gasteiger partial charge in [0.25, 0.3) is 0 Å². The molecule has 1 aliphatic carbocycles. The number of nitrogens with one attached hydrogen (secondary N) is 1. The number of rotatable bonds is 3. The van der Waals surface area contributed by atoms with E-state index < -0.39 is 0 Å². The maximum atomic E-state index is 6.02. The lowest BCUT2D eigenvalue weighted by atomic mass is 10.1. The molecule has 0 saturated carbocycles. The number of nitrogens with two attached hydrogens (primary N) is 1. The minimum Gasteiger partial charge on any atom is -0.488 e. The third-order valence-electron chi connectivity index (χ3n) is 4.55. The lowest BCUT2D eigenvalue weighted by Gasteiger charge is -2.10. The van der Waals surface area contributed by atoms with Crippen LogP contribution in [0, 0.1) is 0 Å². The predicted molar refractivity (Wildman–Crippen MR) is 109 cm³/mol. The van der Waals surface area contributed by atoms with Crippen LogP contribution in [0.3, 0.4) is 0 Å². The molecule has 0 radical (unpaired) electrons. The number of hydrogen-bond donors (Lipinski definition) is 2. The summed E-state index contributed by atoms with van der Waals surface area (Å²) < 4.78 is 5.88. The van der Waals surface area contributed by atoms with Gasteiger partial charge in [0.1, 0.15) is 11.9 Å². The van der Waals surface area contributed by atoms with Crippen LogP contribution in [0.1, 0.15) is 23.1 Å². The summed E-state index contributed by atoms with van der Waals surface area (Å²) in [5.41, 5.74) is 11.2. The fourth-order valence-electron chi connectivity index (χ4n) is 3.39. The summed E-state index contributed by atoms with van der Waals surface area (Å²) in [5.74, 6) is 1.42. The first-order valence-corrected chi connectivity index (χ1v) is 8.21. The molecular formula is C19H22IN3O. The van der Waals surface area contributed by atoms with E-state index in [9.17, 15) is 0 Å². The van der Waals surface area contributed by atoms with Crippen LogP contribution in [0.25, 0.3) is 0 Å². The van der Waals surface area contributed by atoms with Gasteiger partial charge in [-0.25, -0.2) is 4.99 Å². The van der Waals surface area contributed by atoms with Gasteiger partial charge in [0.2, 0.25) is 0 Å². The summed E-state index contributed by atoms with van der Waals surface area (Å²) in [6.07, 6.45) is 4.58. The van der Waals surface area contributed by atoms with Crippen LogP contribution < -0.4 is 15.8 Å². The van der Waals surface area contributed by atoms with Gasteiger partial charge in [-0.2, -0.15) is 0 Å². The van der Waals surface area contributed by atoms with Crippen molar-refractivity contribution in [3.63, 3.8) is 0 Å². The van der Waals surface area contributed by atoms with Gasteiger partial charge in [0, 0.05) is 12.1 Å². The van der Waals surface area contributed by atoms with E-state index in [0.29, 0.717) is 12.5 Å². The number of aryl methyl sites for hydroxylation is 2. The first-order valence-electron chi connectivity index (χ1n) is 8.21. The second kappa shape index (κ2) is 7.42. The molecule has 0 fully saturated rings. The van der Waals surface area contributed by atoms with Crippen LogP contribution in [0.4, 0.5) is 5.69 Å². The summed E-state index contributed by atoms with van der Waals surface area (Å²) in [5, 5.41) is 3.19. The highest BCUT2D eigenvalue weighted by Gasteiger charge is 2.21. The van der Waals surface area contributed by atoms with Crippen molar-refractivity contribution in [3.05, 3.63) is 59.2 Å². The molecular weight excluding hydrogens is 413 g/mol. The smallest absolute Gasteiger partial charge is 0.193 e. The number of nitrogens with zero attached hydrogens (tertiary/aromatic N) is 1. The molecule has 4 rings (SSSR count). The molecule has 1 heterocycles. The Bertz CT molecular complexity index is 735. The fourth-order valence-corrected chi connectivity index (χ4v) is 3.39. The minimum absolute atomic E-state index is 0. The number of guanidine groups is 1. The van der Waals surface area contributed by atoms with E-state index in [2.05, 4.69) is 34.6 Å². The highest BCUT2D eigenvalue weighted by atomic mass is 127. The maximum absolute atomic E-state index is 6.02. The highest BCUT2D eigenvalue weighted by Crippen LogP contribution is 2.28. The molecule has 24 heavy (non-hydrogen) atoms. The van der Waals surface area contributed by atoms with Crippen molar-refractivity contribution in [3.8, 4) is 5.75 Å². The molecule has 3 N–H and O–H groups in total. The standard InChI is InChI=1S/C19H21N3O.HI/c20-19(22-16-9-8-13-5-3-6-14(13)10-16)21-12-17-11-15-4-1-2-7-18(15)23-17;/h1-2,4,7-10,17H,3,5-6,11-12H2,(H3,20,21,22);1H. The number of halogens is 1. The van der Waals surface area contributed by atoms with Crippen LogP contribution in [-0.2, 0) is 19.3 Å². The van der Waals surface area contributed by atoms with Crippen molar-refractivity contribution < 1.29 is 4.74 Å². The van der Waals surface area contributed by atoms with Crippen LogP contribution in [0.15, 0.2) is 47.5 Å². The van der Waals surface area contributed by atoms with Gasteiger partial charge in [-0.1, -0.05) is 24.3 Å². The summed E-state index contributed by atoms with van der Waals surface area (Å²) >= 11 is 0. The van der Waals surface area contributed by atoms with E-state index in [1.165, 1.54) is 29.5 Å². The predicted octanol–water partition coefficient (Wildman–Crippen LogP) is 3.52. The van der Waals surface area contributed by atoms with E-state index in [4.69, 9.17) is 10.5 Å². The Morgan fingerprint density at radius 3 is 2.83 bits per heavy atom. The lowest BCUT2D eigenvalue weighted by Crippen LogP contribution is -2.26. The molecule has 126 valence electrons. The quantitative estimate of drug-likeness (QED) is 0.441. The van der Waals surface area contributed by atoms with E-state index in [0.717, 1.165) is 24.3 Å². The number of aliphatic imine (C=N–C) groups is 1. The number of para-hydroxylation sites is 1. The Hall–Kier alpha value is -1.76. The first-order chi connectivity index (χ1) is 11.3. The van der Waals surface area contributed by atoms with Crippen LogP contribution in [0.2, 0.25) is 0 Å². The van der Waals surface area contributed by atoms with Crippen molar-refractivity contribution in [2.45, 2.75) is 31.8 Å². The molecule has 0 bridgehead atoms. The van der Waals surface area contributed by atoms with Crippen LogP contribution >= 0.6 is 24.0 Å². The molecule has 2 aromatic carbocycles. The average molecular weight is 435 g/mol. The SMILES string of the molecule is I.NC(=NCC1Cc2ccccc2O1)Nc1ccc2c(c1)CCC2. The minimum atomic E-state index is 0. The van der Waals surface area contributed by atoms with Crippen molar-refractivity contribution in [1.82, 2.24) is 0 Å². The molecule has 0 aromatic heterocycles. The molecule has 0 spiro atoms. The van der Waals surface area contributed by atoms with Crippen LogP contribution in [0.5, 0.6) is 5.75 Å². The Morgan fingerprint density at radius 2 is 1.96 bits per heavy atom. The molecule has 1 unspecified atom stereocenters. The maximum Gasteiger partial charge on any atom is 0.193 e. The van der Waals surface area contributed by atoms with E-state index in [1.54, 1.807) is 0 Å². The first kappa shape index (κ1) is 17.1. The van der Waals surface area contributed by atoms with Gasteiger partial charge in [-0.05, 0) is 54.2 Å². The molecule has 2 aliphatic rings. The zero-order valence-corrected chi connectivity index (χ0v) is 15.8. The van der Waals surface area contributed by atoms with Crippen molar-refractivity contribution >= 4 is 35.6 Å². The summed E-state index contributed by atoms with van der Waals surface area (Å²) in [7, 11) is 0. The summed E-state index contributed by atoms with van der Waals surface area (Å²) in [6, 6.07) is 14.6. The van der Waals surface area contributed by atoms with Crippen molar-refractivity contribution in [2.75, 3.05) is 11.9 Å². The number of ether oxygens (including phenoxy) is 1. The Labute approximate surface area is 159 Å². The van der Waals surface area contributed by atoms with Gasteiger partial charge in [-0.3, -0.25) is 0 Å². The largest absolute Gasteiger partial charge is 0.488 e. The Morgan fingerprint density at radius 1 is 1.12 bits per heavy atom. The second-order valence-corrected chi connectivity index (χ2v) is 6.24. The molecule has 1 atom stereocenters. The van der Waals surface area contributed by atoms with Crippen molar-refractivity contribution in [1.29, 1.82) is 0 Å². The highest BCUT2D eigenvalue weighted by molar-refractivity contribution is 14.0. The summed E-state index contributed by atoms with van der Waals surface area (Å²) in [6.45, 7) is 0.568. The van der Waals surface area contributed by atoms with Gasteiger partial charge < -0.3 is 15.8 Å². The number of benzene rings is 2. The Balaban J connectivity index is 0.00000169. The second-order valence-electron chi connectivity index (χ2n) is 6.24. The van der Waals surface area contributed by atoms with Gasteiger partial charge in [-0.15, -0.1) is 24.0 Å². The molecule has 5 heteroatoms. The topological polar surface area (TPSA) is 59.6 Å². The normalized spacial score (nSPS) is 18.3. The zero-order valence-electron chi connectivity index (χ0n) is 13.5. The molecule has 1 aliphatic heterocycles. The third kappa shape index (κ3) is 3.66. The van der Waals surface area contributed by atoms with Gasteiger partial charge in [0.05, 0.1) is 6.54 Å². The molecule has 2 aromatic rings. The molecule has 4 nitrogen and oxygen atoms in total. The monoisotopic (exact) mass is 435 g/mol. The molecule has 0 amide bonds. The van der Waals surface area contributed by atoms with Gasteiger partial charge in [0.15, 0.2) is 5.96 Å². The lowest BCUT2D eigenvalue weighted by molar-refractivity contribution is 0.242. The average Bonchev–Trinajstić information content (AvgIpc) is 3.18. The van der Waals surface area contributed by atoms with E-state index in [1.807, 2.05) is 18.2 Å². The number of anilines is 1. The Kier molecular flexibility index (Phi) is 5.28. The summed E-state index contributed by atoms with van der Waals surface area (Å²) in [4.78, 5) is 4.44. The van der Waals surface area contributed by atoms with Crippen molar-refractivity contribution in [2.24, 2.45) is 10.7 Å². The number of hydrogen-bond acceptors (Lipinski definition) is 2. The zero-order chi connectivity index (χ0) is 15.6. The van der Waals surface area contributed by atoms with E-state index in [-0.39, 0.29) is 30.1 Å². The fraction of sp³-hybridized carbons (Fsp3) is 0.316. The van der Waals surface area contributed by atoms with Crippen LogP contribution in [-0.4, -0.2) is 18.6 Å². The number of fused-ring (bicyclic) bond motifs is 2.